The molecular weight excluding hydrogens is 196 g/mol. The Kier molecular flexibility index (Phi) is 4.21. The van der Waals surface area contributed by atoms with Crippen LogP contribution in [0.5, 0.6) is 0 Å². The number of carbonyl (C=O) groups is 1. The second kappa shape index (κ2) is 5.21. The molecule has 2 atom stereocenters. The molecule has 0 bridgehead atoms. The first-order valence-electron chi connectivity index (χ1n) is 4.46. The lowest BCUT2D eigenvalue weighted by molar-refractivity contribution is -0.149. The molecule has 4 nitrogen and oxygen atoms in total. The molecule has 0 aliphatic carbocycles. The number of carboxylic acids is 1. The number of alkyl halides is 2. The van der Waals surface area contributed by atoms with Crippen molar-refractivity contribution in [3.63, 3.8) is 0 Å². The van der Waals surface area contributed by atoms with Crippen molar-refractivity contribution >= 4 is 5.97 Å². The fourth-order valence-electron chi connectivity index (χ4n) is 1.39. The van der Waals surface area contributed by atoms with E-state index in [0.29, 0.717) is 12.8 Å². The van der Waals surface area contributed by atoms with E-state index >= 15 is 0 Å². The maximum atomic E-state index is 11.7. The van der Waals surface area contributed by atoms with Crippen LogP contribution in [0, 0.1) is 0 Å². The van der Waals surface area contributed by atoms with E-state index in [9.17, 15) is 13.6 Å². The normalized spacial score (nSPS) is 27.1. The zero-order valence-electron chi connectivity index (χ0n) is 7.58. The molecule has 0 saturated carbocycles. The summed E-state index contributed by atoms with van der Waals surface area (Å²) in [7, 11) is 0. The summed E-state index contributed by atoms with van der Waals surface area (Å²) in [6.45, 7) is -0.0915. The van der Waals surface area contributed by atoms with Gasteiger partial charge in [0.2, 0.25) is 0 Å². The standard InChI is InChI=1S/C8H13F2NO3/c9-7(10)4-11-3-5-1-2-6(14-5)8(12)13/h5-7,11H,1-4H2,(H,12,13). The van der Waals surface area contributed by atoms with Crippen molar-refractivity contribution in [3.8, 4) is 0 Å². The fraction of sp³-hybridized carbons (Fsp3) is 0.875. The van der Waals surface area contributed by atoms with Crippen molar-refractivity contribution in [2.45, 2.75) is 31.5 Å². The summed E-state index contributed by atoms with van der Waals surface area (Å²) in [5, 5.41) is 11.1. The van der Waals surface area contributed by atoms with E-state index in [1.54, 1.807) is 0 Å². The molecule has 0 amide bonds. The van der Waals surface area contributed by atoms with Crippen LogP contribution in [0.1, 0.15) is 12.8 Å². The highest BCUT2D eigenvalue weighted by Gasteiger charge is 2.29. The van der Waals surface area contributed by atoms with Crippen molar-refractivity contribution in [3.05, 3.63) is 0 Å². The summed E-state index contributed by atoms with van der Waals surface area (Å²) < 4.78 is 28.5. The van der Waals surface area contributed by atoms with E-state index in [1.165, 1.54) is 0 Å². The van der Waals surface area contributed by atoms with Gasteiger partial charge in [-0.2, -0.15) is 0 Å². The Labute approximate surface area is 80.2 Å². The first-order valence-corrected chi connectivity index (χ1v) is 4.46. The Hall–Kier alpha value is -0.750. The summed E-state index contributed by atoms with van der Waals surface area (Å²) in [4.78, 5) is 10.5. The number of carboxylic acid groups (broad SMARTS) is 1. The number of rotatable bonds is 5. The predicted octanol–water partition coefficient (Wildman–Crippen LogP) is 0.473. The van der Waals surface area contributed by atoms with Crippen molar-refractivity contribution in [1.29, 1.82) is 0 Å². The molecule has 0 aromatic carbocycles. The summed E-state index contributed by atoms with van der Waals surface area (Å²) in [6, 6.07) is 0. The first-order chi connectivity index (χ1) is 6.59. The number of halogens is 2. The fourth-order valence-corrected chi connectivity index (χ4v) is 1.39. The number of hydrogen-bond acceptors (Lipinski definition) is 3. The number of ether oxygens (including phenoxy) is 1. The molecule has 6 heteroatoms. The molecule has 1 fully saturated rings. The third-order valence-electron chi connectivity index (χ3n) is 2.05. The van der Waals surface area contributed by atoms with Crippen LogP contribution in [0.25, 0.3) is 0 Å². The zero-order valence-corrected chi connectivity index (χ0v) is 7.58. The summed E-state index contributed by atoms with van der Waals surface area (Å²) in [5.41, 5.74) is 0. The van der Waals surface area contributed by atoms with Gasteiger partial charge >= 0.3 is 5.97 Å². The Morgan fingerprint density at radius 3 is 2.79 bits per heavy atom. The molecule has 1 aliphatic heterocycles. The molecule has 0 aromatic rings. The topological polar surface area (TPSA) is 58.6 Å². The van der Waals surface area contributed by atoms with Gasteiger partial charge in [-0.05, 0) is 12.8 Å². The zero-order chi connectivity index (χ0) is 10.6. The van der Waals surface area contributed by atoms with Gasteiger partial charge in [-0.25, -0.2) is 13.6 Å². The second-order valence-electron chi connectivity index (χ2n) is 3.21. The molecule has 1 heterocycles. The molecule has 82 valence electrons. The highest BCUT2D eigenvalue weighted by molar-refractivity contribution is 5.72. The number of aliphatic carboxylic acids is 1. The second-order valence-corrected chi connectivity index (χ2v) is 3.21. The van der Waals surface area contributed by atoms with Crippen LogP contribution in [-0.4, -0.2) is 42.8 Å². The van der Waals surface area contributed by atoms with E-state index in [1.807, 2.05) is 0 Å². The van der Waals surface area contributed by atoms with Crippen LogP contribution < -0.4 is 5.32 Å². The van der Waals surface area contributed by atoms with Gasteiger partial charge in [0.15, 0.2) is 6.10 Å². The molecule has 0 aromatic heterocycles. The van der Waals surface area contributed by atoms with E-state index in [4.69, 9.17) is 9.84 Å². The Morgan fingerprint density at radius 1 is 1.57 bits per heavy atom. The van der Waals surface area contributed by atoms with Crippen molar-refractivity contribution in [2.75, 3.05) is 13.1 Å². The van der Waals surface area contributed by atoms with Gasteiger partial charge in [0.05, 0.1) is 12.6 Å². The van der Waals surface area contributed by atoms with Crippen LogP contribution in [-0.2, 0) is 9.53 Å². The molecule has 1 aliphatic rings. The summed E-state index contributed by atoms with van der Waals surface area (Å²) >= 11 is 0. The monoisotopic (exact) mass is 209 g/mol. The van der Waals surface area contributed by atoms with Gasteiger partial charge in [-0.15, -0.1) is 0 Å². The van der Waals surface area contributed by atoms with Gasteiger partial charge in [0, 0.05) is 6.54 Å². The lowest BCUT2D eigenvalue weighted by Crippen LogP contribution is -2.31. The minimum absolute atomic E-state index is 0.255. The third-order valence-corrected chi connectivity index (χ3v) is 2.05. The van der Waals surface area contributed by atoms with E-state index in [0.717, 1.165) is 0 Å². The van der Waals surface area contributed by atoms with Crippen LogP contribution in [0.4, 0.5) is 8.78 Å². The molecular formula is C8H13F2NO3. The lowest BCUT2D eigenvalue weighted by atomic mass is 10.2. The molecule has 1 rings (SSSR count). The highest BCUT2D eigenvalue weighted by Crippen LogP contribution is 2.19. The molecule has 14 heavy (non-hydrogen) atoms. The van der Waals surface area contributed by atoms with E-state index in [-0.39, 0.29) is 19.2 Å². The Balaban J connectivity index is 2.13. The van der Waals surface area contributed by atoms with Crippen molar-refractivity contribution < 1.29 is 23.4 Å². The SMILES string of the molecule is O=C(O)C1CCC(CNCC(F)F)O1. The largest absolute Gasteiger partial charge is 0.479 e. The van der Waals surface area contributed by atoms with Gasteiger partial charge in [-0.1, -0.05) is 0 Å². The van der Waals surface area contributed by atoms with Gasteiger partial charge < -0.3 is 15.2 Å². The average Bonchev–Trinajstić information content (AvgIpc) is 2.52. The number of hydrogen-bond donors (Lipinski definition) is 2. The van der Waals surface area contributed by atoms with Crippen molar-refractivity contribution in [1.82, 2.24) is 5.32 Å². The van der Waals surface area contributed by atoms with Crippen molar-refractivity contribution in [2.24, 2.45) is 0 Å². The molecule has 0 radical (unpaired) electrons. The molecule has 1 saturated heterocycles. The lowest BCUT2D eigenvalue weighted by Gasteiger charge is -2.11. The number of nitrogens with one attached hydrogen (secondary N) is 1. The molecule has 2 N–H and O–H groups in total. The summed E-state index contributed by atoms with van der Waals surface area (Å²) in [6.07, 6.45) is -2.35. The first kappa shape index (κ1) is 11.3. The molecule has 0 spiro atoms. The van der Waals surface area contributed by atoms with Gasteiger partial charge in [0.25, 0.3) is 6.43 Å². The summed E-state index contributed by atoms with van der Waals surface area (Å²) in [5.74, 6) is -0.985. The highest BCUT2D eigenvalue weighted by atomic mass is 19.3. The Morgan fingerprint density at radius 2 is 2.29 bits per heavy atom. The smallest absolute Gasteiger partial charge is 0.332 e. The van der Waals surface area contributed by atoms with Crippen LogP contribution >= 0.6 is 0 Å². The maximum absolute atomic E-state index is 11.7. The maximum Gasteiger partial charge on any atom is 0.332 e. The average molecular weight is 209 g/mol. The van der Waals surface area contributed by atoms with Crippen LogP contribution in [0.2, 0.25) is 0 Å². The van der Waals surface area contributed by atoms with Crippen LogP contribution in [0.3, 0.4) is 0 Å². The van der Waals surface area contributed by atoms with Gasteiger partial charge in [0.1, 0.15) is 0 Å². The van der Waals surface area contributed by atoms with E-state index < -0.39 is 18.5 Å². The quantitative estimate of drug-likeness (QED) is 0.691. The minimum Gasteiger partial charge on any atom is -0.479 e. The third kappa shape index (κ3) is 3.55. The van der Waals surface area contributed by atoms with Crippen LogP contribution in [0.15, 0.2) is 0 Å². The minimum atomic E-state index is -2.38. The predicted molar refractivity (Wildman–Crippen MR) is 44.4 cm³/mol. The molecule has 2 unspecified atom stereocenters. The van der Waals surface area contributed by atoms with Gasteiger partial charge in [-0.3, -0.25) is 0 Å². The Bertz CT molecular complexity index is 201. The van der Waals surface area contributed by atoms with E-state index in [2.05, 4.69) is 5.32 Å².